The third-order valence-corrected chi connectivity index (χ3v) is 7.32. The van der Waals surface area contributed by atoms with Gasteiger partial charge in [-0.25, -0.2) is 0 Å². The molecule has 0 amide bonds. The Bertz CT molecular complexity index is 1230. The van der Waals surface area contributed by atoms with Crippen LogP contribution in [-0.4, -0.2) is 59.4 Å². The average Bonchev–Trinajstić information content (AvgIpc) is 3.68. The molecule has 8 heteroatoms. The molecule has 218 valence electrons. The van der Waals surface area contributed by atoms with E-state index in [-0.39, 0.29) is 0 Å². The van der Waals surface area contributed by atoms with Gasteiger partial charge < -0.3 is 23.5 Å². The summed E-state index contributed by atoms with van der Waals surface area (Å²) in [6.07, 6.45) is 3.16. The number of furan rings is 2. The first kappa shape index (κ1) is 30.0. The predicted octanol–water partition coefficient (Wildman–Crippen LogP) is 7.61. The number of hydrogen-bond donors (Lipinski definition) is 1. The minimum Gasteiger partial charge on any atom is -0.445 e. The maximum atomic E-state index is 10.2. The molecule has 0 saturated carbocycles. The molecule has 2 heterocycles. The van der Waals surface area contributed by atoms with Crippen molar-refractivity contribution in [1.82, 2.24) is 9.80 Å². The topological polar surface area (TPSA) is 83.8 Å². The van der Waals surface area contributed by atoms with E-state index in [2.05, 4.69) is 42.7 Å². The minimum atomic E-state index is -0.412. The van der Waals surface area contributed by atoms with Gasteiger partial charge in [0, 0.05) is 12.8 Å². The van der Waals surface area contributed by atoms with Crippen molar-refractivity contribution in [3.63, 3.8) is 0 Å². The van der Waals surface area contributed by atoms with Crippen molar-refractivity contribution in [2.24, 2.45) is 5.16 Å². The Morgan fingerprint density at radius 2 is 1.05 bits per heavy atom. The van der Waals surface area contributed by atoms with E-state index in [1.807, 2.05) is 72.8 Å². The Morgan fingerprint density at radius 3 is 1.39 bits per heavy atom. The largest absolute Gasteiger partial charge is 0.445 e. The maximum absolute atomic E-state index is 10.2. The molecule has 0 aliphatic carbocycles. The van der Waals surface area contributed by atoms with Gasteiger partial charge in [0.15, 0.2) is 12.5 Å². The first-order chi connectivity index (χ1) is 20.1. The Kier molecular flexibility index (Phi) is 11.0. The van der Waals surface area contributed by atoms with Gasteiger partial charge in [0.25, 0.3) is 11.9 Å². The number of oxime groups is 1. The summed E-state index contributed by atoms with van der Waals surface area (Å²) >= 11 is 0. The summed E-state index contributed by atoms with van der Waals surface area (Å²) in [7, 11) is 0. The van der Waals surface area contributed by atoms with Crippen LogP contribution < -0.4 is 9.47 Å². The van der Waals surface area contributed by atoms with E-state index in [0.717, 1.165) is 48.4 Å². The molecule has 2 unspecified atom stereocenters. The summed E-state index contributed by atoms with van der Waals surface area (Å²) in [4.78, 5) is 4.35. The predicted molar refractivity (Wildman–Crippen MR) is 161 cm³/mol. The fourth-order valence-electron chi connectivity index (χ4n) is 5.00. The Morgan fingerprint density at radius 1 is 0.659 bits per heavy atom. The second kappa shape index (κ2) is 15.1. The second-order valence-corrected chi connectivity index (χ2v) is 9.64. The molecule has 2 atom stereocenters. The van der Waals surface area contributed by atoms with Gasteiger partial charge in [-0.1, -0.05) is 93.5 Å². The molecule has 0 spiro atoms. The van der Waals surface area contributed by atoms with Crippen molar-refractivity contribution in [1.29, 1.82) is 0 Å². The Labute approximate surface area is 242 Å². The van der Waals surface area contributed by atoms with Crippen LogP contribution in [-0.2, 0) is 0 Å². The molecule has 0 aliphatic heterocycles. The highest BCUT2D eigenvalue weighted by molar-refractivity contribution is 5.85. The average molecular weight is 560 g/mol. The van der Waals surface area contributed by atoms with E-state index in [4.69, 9.17) is 18.3 Å². The minimum absolute atomic E-state index is 0.359. The van der Waals surface area contributed by atoms with Gasteiger partial charge in [-0.2, -0.15) is 0 Å². The zero-order chi connectivity index (χ0) is 29.0. The molecule has 0 radical (unpaired) electrons. The summed E-state index contributed by atoms with van der Waals surface area (Å²) in [6, 6.07) is 23.8. The van der Waals surface area contributed by atoms with Gasteiger partial charge in [-0.15, -0.1) is 0 Å². The lowest BCUT2D eigenvalue weighted by Crippen LogP contribution is -2.44. The van der Waals surface area contributed by atoms with E-state index in [1.54, 1.807) is 12.5 Å². The van der Waals surface area contributed by atoms with Crippen LogP contribution >= 0.6 is 0 Å². The van der Waals surface area contributed by atoms with Crippen molar-refractivity contribution >= 4 is 5.71 Å². The molecule has 0 bridgehead atoms. The monoisotopic (exact) mass is 559 g/mol. The summed E-state index contributed by atoms with van der Waals surface area (Å²) in [5.41, 5.74) is 4.32. The van der Waals surface area contributed by atoms with Crippen LogP contribution in [0.1, 0.15) is 40.5 Å². The van der Waals surface area contributed by atoms with Crippen molar-refractivity contribution in [3.05, 3.63) is 85.3 Å². The molecular formula is C33H41N3O5. The Hall–Kier alpha value is -4.01. The van der Waals surface area contributed by atoms with E-state index in [9.17, 15) is 5.21 Å². The lowest BCUT2D eigenvalue weighted by molar-refractivity contribution is 0.0112. The first-order valence-corrected chi connectivity index (χ1v) is 14.4. The fraction of sp³-hybridized carbons (Fsp3) is 0.364. The van der Waals surface area contributed by atoms with Crippen molar-refractivity contribution in [2.45, 2.75) is 53.0 Å². The first-order valence-electron chi connectivity index (χ1n) is 14.4. The van der Waals surface area contributed by atoms with E-state index >= 15 is 0 Å². The SMILES string of the molecule is CCN(CC)C(CC(CC(Oc1occc1-c1ccccc1)N(CC)CC)=NO)Oc1occc1-c1ccccc1. The van der Waals surface area contributed by atoms with Crippen LogP contribution in [0, 0.1) is 0 Å². The molecule has 0 fully saturated rings. The molecule has 0 saturated heterocycles. The molecule has 1 N–H and O–H groups in total. The number of nitrogens with zero attached hydrogens (tertiary/aromatic N) is 3. The molecule has 2 aromatic heterocycles. The lowest BCUT2D eigenvalue weighted by atomic mass is 10.1. The number of rotatable bonds is 16. The number of benzene rings is 2. The van der Waals surface area contributed by atoms with Crippen molar-refractivity contribution in [2.75, 3.05) is 26.2 Å². The second-order valence-electron chi connectivity index (χ2n) is 9.64. The molecule has 8 nitrogen and oxygen atoms in total. The fourth-order valence-corrected chi connectivity index (χ4v) is 5.00. The lowest BCUT2D eigenvalue weighted by Gasteiger charge is -2.32. The zero-order valence-corrected chi connectivity index (χ0v) is 24.4. The van der Waals surface area contributed by atoms with Gasteiger partial charge in [-0.3, -0.25) is 9.80 Å². The molecule has 4 rings (SSSR count). The summed E-state index contributed by atoms with van der Waals surface area (Å²) in [5.74, 6) is 0.870. The van der Waals surface area contributed by atoms with Gasteiger partial charge in [0.1, 0.15) is 0 Å². The highest BCUT2D eigenvalue weighted by Gasteiger charge is 2.28. The van der Waals surface area contributed by atoms with Crippen LogP contribution in [0.2, 0.25) is 0 Å². The van der Waals surface area contributed by atoms with Crippen LogP contribution in [0.5, 0.6) is 11.9 Å². The highest BCUT2D eigenvalue weighted by atomic mass is 16.6. The molecular weight excluding hydrogens is 518 g/mol. The molecule has 4 aromatic rings. The van der Waals surface area contributed by atoms with Crippen molar-refractivity contribution in [3.8, 4) is 34.1 Å². The molecule has 41 heavy (non-hydrogen) atoms. The third-order valence-electron chi connectivity index (χ3n) is 7.32. The highest BCUT2D eigenvalue weighted by Crippen LogP contribution is 2.34. The summed E-state index contributed by atoms with van der Waals surface area (Å²) in [5, 5.41) is 13.9. The normalized spacial score (nSPS) is 12.8. The van der Waals surface area contributed by atoms with E-state index in [0.29, 0.717) is 30.4 Å². The van der Waals surface area contributed by atoms with Crippen LogP contribution in [0.15, 0.2) is 99.3 Å². The van der Waals surface area contributed by atoms with Gasteiger partial charge in [-0.05, 0) is 49.4 Å². The van der Waals surface area contributed by atoms with E-state index in [1.165, 1.54) is 0 Å². The quantitative estimate of drug-likeness (QED) is 0.0654. The van der Waals surface area contributed by atoms with Gasteiger partial charge >= 0.3 is 0 Å². The zero-order valence-electron chi connectivity index (χ0n) is 24.4. The standard InChI is InChI=1S/C33H41N3O5/c1-5-35(6-2)30(40-32-28(19-21-38-32)25-15-11-9-12-16-25)23-27(34-37)24-31(36(7-3)8-4)41-33-29(20-22-39-33)26-17-13-10-14-18-26/h9-22,30-31,37H,5-8,23-24H2,1-4H3. The summed E-state index contributed by atoms with van der Waals surface area (Å²) in [6.45, 7) is 11.3. The third kappa shape index (κ3) is 7.60. The van der Waals surface area contributed by atoms with Crippen LogP contribution in [0.25, 0.3) is 22.3 Å². The smallest absolute Gasteiger partial charge is 0.294 e. The van der Waals surface area contributed by atoms with Gasteiger partial charge in [0.05, 0.1) is 29.4 Å². The van der Waals surface area contributed by atoms with Crippen LogP contribution in [0.4, 0.5) is 0 Å². The maximum Gasteiger partial charge on any atom is 0.294 e. The van der Waals surface area contributed by atoms with Gasteiger partial charge in [0.2, 0.25) is 0 Å². The van der Waals surface area contributed by atoms with Crippen LogP contribution in [0.3, 0.4) is 0 Å². The van der Waals surface area contributed by atoms with Crippen molar-refractivity contribution < 1.29 is 23.5 Å². The Balaban J connectivity index is 1.56. The number of hydrogen-bond acceptors (Lipinski definition) is 8. The summed E-state index contributed by atoms with van der Waals surface area (Å²) < 4.78 is 24.6. The molecule has 2 aromatic carbocycles. The van der Waals surface area contributed by atoms with E-state index < -0.39 is 12.5 Å². The number of ether oxygens (including phenoxy) is 2. The molecule has 0 aliphatic rings.